The molecule has 1 fully saturated rings. The third-order valence-corrected chi connectivity index (χ3v) is 3.52. The zero-order valence-electron chi connectivity index (χ0n) is 12.7. The second-order valence-corrected chi connectivity index (χ2v) is 5.01. The molecule has 22 heavy (non-hydrogen) atoms. The molecule has 0 unspecified atom stereocenters. The van der Waals surface area contributed by atoms with E-state index >= 15 is 0 Å². The van der Waals surface area contributed by atoms with Crippen LogP contribution in [0.3, 0.4) is 0 Å². The Bertz CT molecular complexity index is 542. The Hall–Kier alpha value is -2.48. The van der Waals surface area contributed by atoms with E-state index in [0.29, 0.717) is 36.8 Å². The first kappa shape index (κ1) is 15.9. The summed E-state index contributed by atoms with van der Waals surface area (Å²) in [7, 11) is 3.08. The molecule has 0 spiro atoms. The minimum atomic E-state index is -0.416. The third-order valence-electron chi connectivity index (χ3n) is 3.52. The Morgan fingerprint density at radius 2 is 1.91 bits per heavy atom. The number of benzene rings is 1. The first-order valence-corrected chi connectivity index (χ1v) is 6.95. The second kappa shape index (κ2) is 6.99. The number of hydrogen-bond acceptors (Lipinski definition) is 4. The fourth-order valence-corrected chi connectivity index (χ4v) is 2.31. The fraction of sp³-hybridized carbons (Fsp3) is 0.429. The second-order valence-electron chi connectivity index (χ2n) is 5.01. The lowest BCUT2D eigenvalue weighted by Gasteiger charge is -2.29. The van der Waals surface area contributed by atoms with Gasteiger partial charge in [-0.3, -0.25) is 4.79 Å². The third kappa shape index (κ3) is 3.79. The Balaban J connectivity index is 2.06. The van der Waals surface area contributed by atoms with Gasteiger partial charge in [-0.1, -0.05) is 0 Å². The van der Waals surface area contributed by atoms with Gasteiger partial charge in [0.05, 0.1) is 33.9 Å². The van der Waals surface area contributed by atoms with Crippen LogP contribution >= 0.6 is 0 Å². The van der Waals surface area contributed by atoms with Gasteiger partial charge in [0, 0.05) is 23.9 Å². The standard InChI is InChI=1S/C14H20N4O4/c1-21-10-5-9(6-11(7-10)22-2)17-14(20)18-4-3-16-12(8-18)13(15)19/h5-7,12,16H,3-4,8H2,1-2H3,(H2,15,19)(H,17,20)/p+1/t12-/m0/s1. The maximum atomic E-state index is 12.3. The first-order chi connectivity index (χ1) is 10.5. The molecule has 120 valence electrons. The van der Waals surface area contributed by atoms with Crippen molar-refractivity contribution in [3.63, 3.8) is 0 Å². The average molecular weight is 309 g/mol. The number of quaternary nitrogens is 1. The van der Waals surface area contributed by atoms with E-state index < -0.39 is 11.9 Å². The van der Waals surface area contributed by atoms with Crippen molar-refractivity contribution in [2.24, 2.45) is 5.73 Å². The molecule has 8 nitrogen and oxygen atoms in total. The number of nitrogens with one attached hydrogen (secondary N) is 1. The van der Waals surface area contributed by atoms with Gasteiger partial charge in [-0.05, 0) is 0 Å². The molecule has 1 heterocycles. The van der Waals surface area contributed by atoms with Crippen molar-refractivity contribution in [3.8, 4) is 11.5 Å². The van der Waals surface area contributed by atoms with Crippen LogP contribution in [-0.4, -0.2) is 56.7 Å². The van der Waals surface area contributed by atoms with E-state index in [9.17, 15) is 9.59 Å². The van der Waals surface area contributed by atoms with Crippen LogP contribution in [0.1, 0.15) is 0 Å². The van der Waals surface area contributed by atoms with Crippen molar-refractivity contribution >= 4 is 17.6 Å². The number of amides is 3. The van der Waals surface area contributed by atoms with Crippen molar-refractivity contribution in [2.45, 2.75) is 6.04 Å². The summed E-state index contributed by atoms with van der Waals surface area (Å²) in [5.74, 6) is 0.744. The van der Waals surface area contributed by atoms with Crippen molar-refractivity contribution in [1.82, 2.24) is 4.90 Å². The molecule has 2 rings (SSSR count). The van der Waals surface area contributed by atoms with Crippen molar-refractivity contribution < 1.29 is 24.4 Å². The Kier molecular flexibility index (Phi) is 5.05. The summed E-state index contributed by atoms with van der Waals surface area (Å²) in [5, 5.41) is 4.63. The molecule has 1 atom stereocenters. The highest BCUT2D eigenvalue weighted by molar-refractivity contribution is 5.90. The van der Waals surface area contributed by atoms with Crippen LogP contribution in [0.15, 0.2) is 18.2 Å². The normalized spacial score (nSPS) is 17.7. The molecule has 1 saturated heterocycles. The van der Waals surface area contributed by atoms with Crippen LogP contribution in [-0.2, 0) is 4.79 Å². The van der Waals surface area contributed by atoms with Crippen LogP contribution in [0.25, 0.3) is 0 Å². The number of rotatable bonds is 4. The maximum Gasteiger partial charge on any atom is 0.322 e. The molecule has 3 amide bonds. The van der Waals surface area contributed by atoms with Crippen molar-refractivity contribution in [2.75, 3.05) is 39.2 Å². The van der Waals surface area contributed by atoms with Gasteiger partial charge in [0.2, 0.25) is 0 Å². The number of carbonyl (C=O) groups excluding carboxylic acids is 2. The van der Waals surface area contributed by atoms with E-state index in [1.165, 1.54) is 14.2 Å². The number of ether oxygens (including phenoxy) is 2. The first-order valence-electron chi connectivity index (χ1n) is 6.95. The van der Waals surface area contributed by atoms with Gasteiger partial charge in [-0.2, -0.15) is 0 Å². The molecule has 1 aromatic rings. The summed E-state index contributed by atoms with van der Waals surface area (Å²) in [6, 6.07) is 4.42. The Labute approximate surface area is 128 Å². The Morgan fingerprint density at radius 3 is 2.45 bits per heavy atom. The highest BCUT2D eigenvalue weighted by atomic mass is 16.5. The summed E-state index contributed by atoms with van der Waals surface area (Å²) < 4.78 is 10.3. The average Bonchev–Trinajstić information content (AvgIpc) is 2.54. The lowest BCUT2D eigenvalue weighted by Crippen LogP contribution is -2.97. The van der Waals surface area contributed by atoms with Crippen LogP contribution < -0.4 is 25.8 Å². The molecule has 0 bridgehead atoms. The van der Waals surface area contributed by atoms with Gasteiger partial charge < -0.3 is 30.7 Å². The summed E-state index contributed by atoms with van der Waals surface area (Å²) in [4.78, 5) is 25.1. The maximum absolute atomic E-state index is 12.3. The Morgan fingerprint density at radius 1 is 1.27 bits per heavy atom. The number of hydrogen-bond donors (Lipinski definition) is 3. The van der Waals surface area contributed by atoms with Crippen LogP contribution in [0, 0.1) is 0 Å². The molecule has 5 N–H and O–H groups in total. The molecule has 0 radical (unpaired) electrons. The predicted molar refractivity (Wildman–Crippen MR) is 79.9 cm³/mol. The fourth-order valence-electron chi connectivity index (χ4n) is 2.31. The van der Waals surface area contributed by atoms with E-state index in [1.54, 1.807) is 23.1 Å². The van der Waals surface area contributed by atoms with Crippen LogP contribution in [0.4, 0.5) is 10.5 Å². The van der Waals surface area contributed by atoms with E-state index in [0.717, 1.165) is 0 Å². The summed E-state index contributed by atoms with van der Waals surface area (Å²) in [6.45, 7) is 1.49. The van der Waals surface area contributed by atoms with Gasteiger partial charge in [0.15, 0.2) is 6.04 Å². The van der Waals surface area contributed by atoms with Crippen LogP contribution in [0.2, 0.25) is 0 Å². The van der Waals surface area contributed by atoms with E-state index in [1.807, 2.05) is 5.32 Å². The van der Waals surface area contributed by atoms with Crippen molar-refractivity contribution in [1.29, 1.82) is 0 Å². The quantitative estimate of drug-likeness (QED) is 0.660. The smallest absolute Gasteiger partial charge is 0.322 e. The minimum absolute atomic E-state index is 0.283. The summed E-state index contributed by atoms with van der Waals surface area (Å²) >= 11 is 0. The van der Waals surface area contributed by atoms with E-state index in [2.05, 4.69) is 5.32 Å². The number of nitrogens with zero attached hydrogens (tertiary/aromatic N) is 1. The van der Waals surface area contributed by atoms with Gasteiger partial charge >= 0.3 is 6.03 Å². The zero-order valence-corrected chi connectivity index (χ0v) is 12.7. The SMILES string of the molecule is COc1cc(NC(=O)N2CC[NH2+][C@H](C(N)=O)C2)cc(OC)c1. The number of piperazine rings is 1. The topological polar surface area (TPSA) is 111 Å². The lowest BCUT2D eigenvalue weighted by atomic mass is 10.2. The molecule has 0 aliphatic carbocycles. The van der Waals surface area contributed by atoms with E-state index in [4.69, 9.17) is 15.2 Å². The lowest BCUT2D eigenvalue weighted by molar-refractivity contribution is -0.683. The number of urea groups is 1. The molecule has 0 saturated carbocycles. The largest absolute Gasteiger partial charge is 0.497 e. The predicted octanol–water partition coefficient (Wildman–Crippen LogP) is -1.03. The molecule has 8 heteroatoms. The number of anilines is 1. The van der Waals surface area contributed by atoms with Gasteiger partial charge in [-0.25, -0.2) is 4.79 Å². The molecule has 1 aliphatic heterocycles. The van der Waals surface area contributed by atoms with Gasteiger partial charge in [0.25, 0.3) is 5.91 Å². The summed E-state index contributed by atoms with van der Waals surface area (Å²) in [6.07, 6.45) is 0. The number of methoxy groups -OCH3 is 2. The number of nitrogens with two attached hydrogens (primary N) is 2. The van der Waals surface area contributed by atoms with Gasteiger partial charge in [-0.15, -0.1) is 0 Å². The molecular weight excluding hydrogens is 288 g/mol. The minimum Gasteiger partial charge on any atom is -0.497 e. The molecule has 1 aromatic carbocycles. The molecule has 1 aliphatic rings. The van der Waals surface area contributed by atoms with E-state index in [-0.39, 0.29) is 6.03 Å². The summed E-state index contributed by atoms with van der Waals surface area (Å²) in [5.41, 5.74) is 5.86. The van der Waals surface area contributed by atoms with Gasteiger partial charge in [0.1, 0.15) is 11.5 Å². The molecular formula is C14H21N4O4+. The van der Waals surface area contributed by atoms with Crippen LogP contribution in [0.5, 0.6) is 11.5 Å². The number of primary amides is 1. The zero-order chi connectivity index (χ0) is 16.1. The number of carbonyl (C=O) groups is 2. The molecule has 0 aromatic heterocycles. The van der Waals surface area contributed by atoms with Crippen molar-refractivity contribution in [3.05, 3.63) is 18.2 Å². The monoisotopic (exact) mass is 309 g/mol. The highest BCUT2D eigenvalue weighted by Crippen LogP contribution is 2.25. The highest BCUT2D eigenvalue weighted by Gasteiger charge is 2.29.